The topological polar surface area (TPSA) is 74.4 Å². The normalized spacial score (nSPS) is 10.0. The minimum atomic E-state index is -0.459. The lowest BCUT2D eigenvalue weighted by Crippen LogP contribution is -2.10. The lowest BCUT2D eigenvalue weighted by Gasteiger charge is -2.09. The van der Waals surface area contributed by atoms with Crippen molar-refractivity contribution in [2.75, 3.05) is 18.9 Å². The number of aromatic nitrogens is 1. The molecule has 0 saturated carbocycles. The first kappa shape index (κ1) is 13.3. The fraction of sp³-hybridized carbons (Fsp3) is 0.500. The van der Waals surface area contributed by atoms with Crippen molar-refractivity contribution in [3.05, 3.63) is 17.8 Å². The molecule has 1 rings (SSSR count). The standard InChI is InChI=1S/C12H18N2O3/c1-3-5-6-17-11-10(12(15)16-4-2)7-9(13)8-14-11/h7-8H,3-6,13H2,1-2H3. The van der Waals surface area contributed by atoms with Crippen LogP contribution in [-0.2, 0) is 4.74 Å². The van der Waals surface area contributed by atoms with E-state index in [1.54, 1.807) is 6.92 Å². The van der Waals surface area contributed by atoms with Gasteiger partial charge in [-0.1, -0.05) is 13.3 Å². The molecular formula is C12H18N2O3. The molecule has 5 nitrogen and oxygen atoms in total. The summed E-state index contributed by atoms with van der Waals surface area (Å²) in [5.74, 6) is -0.176. The summed E-state index contributed by atoms with van der Waals surface area (Å²) in [4.78, 5) is 15.7. The fourth-order valence-corrected chi connectivity index (χ4v) is 1.25. The van der Waals surface area contributed by atoms with Crippen LogP contribution in [0, 0.1) is 0 Å². The van der Waals surface area contributed by atoms with Crippen LogP contribution in [0.3, 0.4) is 0 Å². The summed E-state index contributed by atoms with van der Waals surface area (Å²) in [6.45, 7) is 4.64. The molecule has 0 aromatic carbocycles. The van der Waals surface area contributed by atoms with Crippen LogP contribution in [0.1, 0.15) is 37.0 Å². The molecule has 94 valence electrons. The maximum absolute atomic E-state index is 11.7. The van der Waals surface area contributed by atoms with Gasteiger partial charge in [0.05, 0.1) is 25.1 Å². The van der Waals surface area contributed by atoms with Gasteiger partial charge in [0.1, 0.15) is 5.56 Å². The Bertz CT molecular complexity index is 380. The van der Waals surface area contributed by atoms with Crippen LogP contribution in [0.4, 0.5) is 5.69 Å². The Morgan fingerprint density at radius 1 is 1.47 bits per heavy atom. The van der Waals surface area contributed by atoms with Gasteiger partial charge < -0.3 is 15.2 Å². The van der Waals surface area contributed by atoms with Crippen LogP contribution in [0.25, 0.3) is 0 Å². The van der Waals surface area contributed by atoms with Crippen molar-refractivity contribution in [2.45, 2.75) is 26.7 Å². The third-order valence-electron chi connectivity index (χ3n) is 2.10. The number of ether oxygens (including phenoxy) is 2. The van der Waals surface area contributed by atoms with Crippen molar-refractivity contribution >= 4 is 11.7 Å². The summed E-state index contributed by atoms with van der Waals surface area (Å²) in [6.07, 6.45) is 3.39. The van der Waals surface area contributed by atoms with E-state index in [9.17, 15) is 4.79 Å². The van der Waals surface area contributed by atoms with Gasteiger partial charge in [0.15, 0.2) is 0 Å². The summed E-state index contributed by atoms with van der Waals surface area (Å²) in [6, 6.07) is 1.52. The zero-order chi connectivity index (χ0) is 12.7. The molecule has 0 aliphatic heterocycles. The largest absolute Gasteiger partial charge is 0.477 e. The SMILES string of the molecule is CCCCOc1ncc(N)cc1C(=O)OCC. The number of rotatable bonds is 6. The molecular weight excluding hydrogens is 220 g/mol. The van der Waals surface area contributed by atoms with Crippen LogP contribution in [0.2, 0.25) is 0 Å². The second-order valence-electron chi connectivity index (χ2n) is 3.54. The monoisotopic (exact) mass is 238 g/mol. The average molecular weight is 238 g/mol. The van der Waals surface area contributed by atoms with Gasteiger partial charge in [-0.15, -0.1) is 0 Å². The molecule has 0 amide bonds. The first-order valence-corrected chi connectivity index (χ1v) is 5.74. The van der Waals surface area contributed by atoms with E-state index in [2.05, 4.69) is 11.9 Å². The van der Waals surface area contributed by atoms with E-state index >= 15 is 0 Å². The van der Waals surface area contributed by atoms with Crippen LogP contribution < -0.4 is 10.5 Å². The smallest absolute Gasteiger partial charge is 0.343 e. The predicted molar refractivity (Wildman–Crippen MR) is 65.0 cm³/mol. The van der Waals surface area contributed by atoms with Crippen LogP contribution in [-0.4, -0.2) is 24.2 Å². The van der Waals surface area contributed by atoms with Crippen molar-refractivity contribution < 1.29 is 14.3 Å². The number of nitrogens with two attached hydrogens (primary N) is 1. The lowest BCUT2D eigenvalue weighted by molar-refractivity contribution is 0.0520. The maximum atomic E-state index is 11.7. The average Bonchev–Trinajstić information content (AvgIpc) is 2.31. The van der Waals surface area contributed by atoms with E-state index in [1.165, 1.54) is 12.3 Å². The van der Waals surface area contributed by atoms with Gasteiger partial charge in [0, 0.05) is 0 Å². The minimum absolute atomic E-state index is 0.281. The number of carbonyl (C=O) groups excluding carboxylic acids is 1. The van der Waals surface area contributed by atoms with E-state index in [1.807, 2.05) is 0 Å². The van der Waals surface area contributed by atoms with Gasteiger partial charge in [-0.05, 0) is 19.4 Å². The van der Waals surface area contributed by atoms with E-state index in [0.29, 0.717) is 18.9 Å². The summed E-state index contributed by atoms with van der Waals surface area (Å²) < 4.78 is 10.3. The van der Waals surface area contributed by atoms with E-state index in [4.69, 9.17) is 15.2 Å². The molecule has 1 aromatic rings. The van der Waals surface area contributed by atoms with Gasteiger partial charge in [-0.3, -0.25) is 0 Å². The van der Waals surface area contributed by atoms with Crippen LogP contribution in [0.5, 0.6) is 5.88 Å². The highest BCUT2D eigenvalue weighted by molar-refractivity contribution is 5.92. The Hall–Kier alpha value is -1.78. The van der Waals surface area contributed by atoms with E-state index < -0.39 is 5.97 Å². The van der Waals surface area contributed by atoms with Crippen molar-refractivity contribution in [2.24, 2.45) is 0 Å². The fourth-order valence-electron chi connectivity index (χ4n) is 1.25. The third-order valence-corrected chi connectivity index (χ3v) is 2.10. The Morgan fingerprint density at radius 2 is 2.24 bits per heavy atom. The predicted octanol–water partition coefficient (Wildman–Crippen LogP) is 2.02. The number of unbranched alkanes of at least 4 members (excludes halogenated alkanes) is 1. The molecule has 2 N–H and O–H groups in total. The maximum Gasteiger partial charge on any atom is 0.343 e. The lowest BCUT2D eigenvalue weighted by atomic mass is 10.2. The van der Waals surface area contributed by atoms with Crippen molar-refractivity contribution in [1.29, 1.82) is 0 Å². The second-order valence-corrected chi connectivity index (χ2v) is 3.54. The molecule has 0 saturated heterocycles. The third kappa shape index (κ3) is 3.94. The Balaban J connectivity index is 2.83. The Morgan fingerprint density at radius 3 is 2.88 bits per heavy atom. The Kier molecular flexibility index (Phi) is 5.26. The molecule has 0 fully saturated rings. The van der Waals surface area contributed by atoms with E-state index in [0.717, 1.165) is 12.8 Å². The number of nitrogen functional groups attached to an aromatic ring is 1. The molecule has 5 heteroatoms. The molecule has 1 heterocycles. The van der Waals surface area contributed by atoms with E-state index in [-0.39, 0.29) is 11.4 Å². The summed E-state index contributed by atoms with van der Waals surface area (Å²) in [7, 11) is 0. The number of hydrogen-bond donors (Lipinski definition) is 1. The van der Waals surface area contributed by atoms with Crippen LogP contribution in [0.15, 0.2) is 12.3 Å². The Labute approximate surface area is 101 Å². The molecule has 0 aliphatic rings. The number of carbonyl (C=O) groups is 1. The first-order chi connectivity index (χ1) is 8.19. The molecule has 1 aromatic heterocycles. The van der Waals surface area contributed by atoms with Gasteiger partial charge in [0.25, 0.3) is 0 Å². The first-order valence-electron chi connectivity index (χ1n) is 5.74. The molecule has 0 spiro atoms. The van der Waals surface area contributed by atoms with Gasteiger partial charge in [-0.25, -0.2) is 9.78 Å². The second kappa shape index (κ2) is 6.73. The van der Waals surface area contributed by atoms with Gasteiger partial charge in [0.2, 0.25) is 5.88 Å². The zero-order valence-corrected chi connectivity index (χ0v) is 10.2. The number of hydrogen-bond acceptors (Lipinski definition) is 5. The minimum Gasteiger partial charge on any atom is -0.477 e. The molecule has 0 unspecified atom stereocenters. The van der Waals surface area contributed by atoms with Crippen molar-refractivity contribution in [1.82, 2.24) is 4.98 Å². The van der Waals surface area contributed by atoms with Crippen molar-refractivity contribution in [3.63, 3.8) is 0 Å². The number of pyridine rings is 1. The van der Waals surface area contributed by atoms with Gasteiger partial charge in [-0.2, -0.15) is 0 Å². The quantitative estimate of drug-likeness (QED) is 0.606. The molecule has 0 aliphatic carbocycles. The highest BCUT2D eigenvalue weighted by atomic mass is 16.5. The number of nitrogens with zero attached hydrogens (tertiary/aromatic N) is 1. The van der Waals surface area contributed by atoms with Crippen LogP contribution >= 0.6 is 0 Å². The molecule has 0 bridgehead atoms. The summed E-state index contributed by atoms with van der Waals surface area (Å²) in [5, 5.41) is 0. The van der Waals surface area contributed by atoms with Gasteiger partial charge >= 0.3 is 5.97 Å². The van der Waals surface area contributed by atoms with Crippen molar-refractivity contribution in [3.8, 4) is 5.88 Å². The molecule has 0 radical (unpaired) electrons. The highest BCUT2D eigenvalue weighted by Crippen LogP contribution is 2.19. The zero-order valence-electron chi connectivity index (χ0n) is 10.2. The molecule has 17 heavy (non-hydrogen) atoms. The molecule has 0 atom stereocenters. The summed E-state index contributed by atoms with van der Waals surface area (Å²) in [5.41, 5.74) is 6.28. The number of esters is 1. The summed E-state index contributed by atoms with van der Waals surface area (Å²) >= 11 is 0. The number of anilines is 1. The highest BCUT2D eigenvalue weighted by Gasteiger charge is 2.15.